The Balaban J connectivity index is 1.77. The van der Waals surface area contributed by atoms with Gasteiger partial charge < -0.3 is 4.57 Å². The summed E-state index contributed by atoms with van der Waals surface area (Å²) in [6.45, 7) is 0. The topological polar surface area (TPSA) is 90.9 Å². The standard InChI is InChI=1S/C20H22N4O2S/c21-27(25,26)18-9-10-19(15-5-2-1-3-6-15)20(12-18)16-7-4-8-17(11-16)24-13-22-23-14-24/h1-3,5-6,9-10,12-14,16-17H,4,7-8,11H2,(H2,21,25,26)/t16-,17+/m0/s1. The number of benzene rings is 2. The lowest BCUT2D eigenvalue weighted by Gasteiger charge is -2.31. The lowest BCUT2D eigenvalue weighted by atomic mass is 9.78. The van der Waals surface area contributed by atoms with Gasteiger partial charge in [0.15, 0.2) is 0 Å². The minimum Gasteiger partial charge on any atom is -0.317 e. The Labute approximate surface area is 159 Å². The first-order valence-electron chi connectivity index (χ1n) is 9.08. The monoisotopic (exact) mass is 382 g/mol. The van der Waals surface area contributed by atoms with Gasteiger partial charge in [0.1, 0.15) is 12.7 Å². The van der Waals surface area contributed by atoms with E-state index < -0.39 is 10.0 Å². The molecule has 2 atom stereocenters. The summed E-state index contributed by atoms with van der Waals surface area (Å²) in [6.07, 6.45) is 7.60. The van der Waals surface area contributed by atoms with Gasteiger partial charge in [0.25, 0.3) is 0 Å². The van der Waals surface area contributed by atoms with Crippen molar-refractivity contribution >= 4 is 10.0 Å². The van der Waals surface area contributed by atoms with Gasteiger partial charge in [0.2, 0.25) is 10.0 Å². The van der Waals surface area contributed by atoms with Crippen LogP contribution in [0.15, 0.2) is 66.1 Å². The van der Waals surface area contributed by atoms with Gasteiger partial charge in [-0.25, -0.2) is 13.6 Å². The molecular formula is C20H22N4O2S. The fourth-order valence-corrected chi connectivity index (χ4v) is 4.60. The van der Waals surface area contributed by atoms with Crippen LogP contribution in [0.3, 0.4) is 0 Å². The molecule has 6 nitrogen and oxygen atoms in total. The molecule has 3 aromatic rings. The molecule has 2 aromatic carbocycles. The van der Waals surface area contributed by atoms with Crippen molar-refractivity contribution in [1.29, 1.82) is 0 Å². The Morgan fingerprint density at radius 1 is 1.00 bits per heavy atom. The number of rotatable bonds is 4. The molecule has 4 rings (SSSR count). The van der Waals surface area contributed by atoms with Crippen molar-refractivity contribution in [3.8, 4) is 11.1 Å². The van der Waals surface area contributed by atoms with Crippen LogP contribution in [-0.2, 0) is 10.0 Å². The lowest BCUT2D eigenvalue weighted by Crippen LogP contribution is -2.19. The van der Waals surface area contributed by atoms with Crippen molar-refractivity contribution in [1.82, 2.24) is 14.8 Å². The Kier molecular flexibility index (Phi) is 4.80. The highest BCUT2D eigenvalue weighted by molar-refractivity contribution is 7.89. The zero-order valence-electron chi connectivity index (χ0n) is 14.9. The molecule has 0 radical (unpaired) electrons. The molecule has 0 saturated heterocycles. The smallest absolute Gasteiger partial charge is 0.238 e. The number of hydrogen-bond donors (Lipinski definition) is 1. The molecule has 7 heteroatoms. The predicted molar refractivity (Wildman–Crippen MR) is 104 cm³/mol. The molecule has 0 spiro atoms. The first-order chi connectivity index (χ1) is 13.0. The van der Waals surface area contributed by atoms with E-state index in [4.69, 9.17) is 5.14 Å². The van der Waals surface area contributed by atoms with Crippen LogP contribution in [-0.4, -0.2) is 23.2 Å². The largest absolute Gasteiger partial charge is 0.317 e. The van der Waals surface area contributed by atoms with E-state index >= 15 is 0 Å². The SMILES string of the molecule is NS(=O)(=O)c1ccc(-c2ccccc2)c([C@H]2CCC[C@@H](n3cnnc3)C2)c1. The molecule has 0 aliphatic heterocycles. The van der Waals surface area contributed by atoms with Gasteiger partial charge in [-0.2, -0.15) is 0 Å². The van der Waals surface area contributed by atoms with Crippen LogP contribution in [0.5, 0.6) is 0 Å². The molecule has 1 aliphatic rings. The lowest BCUT2D eigenvalue weighted by molar-refractivity contribution is 0.319. The second-order valence-corrected chi connectivity index (χ2v) is 8.65. The van der Waals surface area contributed by atoms with Gasteiger partial charge in [-0.05, 0) is 54.0 Å². The fraction of sp³-hybridized carbons (Fsp3) is 0.300. The highest BCUT2D eigenvalue weighted by atomic mass is 32.2. The second kappa shape index (κ2) is 7.25. The normalized spacial score (nSPS) is 20.5. The average Bonchev–Trinajstić information content (AvgIpc) is 3.22. The summed E-state index contributed by atoms with van der Waals surface area (Å²) in [5, 5.41) is 13.2. The maximum atomic E-state index is 11.9. The van der Waals surface area contributed by atoms with Crippen LogP contribution >= 0.6 is 0 Å². The zero-order valence-corrected chi connectivity index (χ0v) is 15.7. The third kappa shape index (κ3) is 3.79. The second-order valence-electron chi connectivity index (χ2n) is 7.09. The predicted octanol–water partition coefficient (Wildman–Crippen LogP) is 3.49. The Bertz CT molecular complexity index is 1020. The van der Waals surface area contributed by atoms with E-state index in [9.17, 15) is 8.42 Å². The van der Waals surface area contributed by atoms with E-state index in [1.165, 1.54) is 0 Å². The number of hydrogen-bond acceptors (Lipinski definition) is 4. The summed E-state index contributed by atoms with van der Waals surface area (Å²) < 4.78 is 25.9. The van der Waals surface area contributed by atoms with Crippen LogP contribution in [0.4, 0.5) is 0 Å². The van der Waals surface area contributed by atoms with Crippen LogP contribution in [0.25, 0.3) is 11.1 Å². The van der Waals surface area contributed by atoms with Gasteiger partial charge >= 0.3 is 0 Å². The zero-order chi connectivity index (χ0) is 18.9. The van der Waals surface area contributed by atoms with Crippen molar-refractivity contribution in [3.63, 3.8) is 0 Å². The first-order valence-corrected chi connectivity index (χ1v) is 10.6. The van der Waals surface area contributed by atoms with Crippen LogP contribution in [0.2, 0.25) is 0 Å². The molecule has 1 aromatic heterocycles. The summed E-state index contributed by atoms with van der Waals surface area (Å²) in [7, 11) is -3.74. The van der Waals surface area contributed by atoms with Gasteiger partial charge in [0.05, 0.1) is 4.90 Å². The number of primary sulfonamides is 1. The molecule has 0 unspecified atom stereocenters. The van der Waals surface area contributed by atoms with Gasteiger partial charge in [0, 0.05) is 6.04 Å². The summed E-state index contributed by atoms with van der Waals surface area (Å²) >= 11 is 0. The molecule has 1 saturated carbocycles. The minimum atomic E-state index is -3.74. The number of sulfonamides is 1. The van der Waals surface area contributed by atoms with E-state index in [2.05, 4.69) is 26.9 Å². The minimum absolute atomic E-state index is 0.170. The van der Waals surface area contributed by atoms with Gasteiger partial charge in [-0.15, -0.1) is 10.2 Å². The van der Waals surface area contributed by atoms with Gasteiger partial charge in [-0.1, -0.05) is 42.8 Å². The molecule has 27 heavy (non-hydrogen) atoms. The Morgan fingerprint density at radius 2 is 1.74 bits per heavy atom. The van der Waals surface area contributed by atoms with E-state index in [0.717, 1.165) is 42.4 Å². The maximum Gasteiger partial charge on any atom is 0.238 e. The summed E-state index contributed by atoms with van der Waals surface area (Å²) in [6, 6.07) is 15.6. The summed E-state index contributed by atoms with van der Waals surface area (Å²) in [5.74, 6) is 0.253. The number of nitrogens with two attached hydrogens (primary N) is 1. The van der Waals surface area contributed by atoms with Crippen LogP contribution in [0, 0.1) is 0 Å². The van der Waals surface area contributed by atoms with Crippen molar-refractivity contribution in [2.24, 2.45) is 5.14 Å². The molecule has 0 amide bonds. The number of nitrogens with zero attached hydrogens (tertiary/aromatic N) is 3. The molecule has 1 aliphatic carbocycles. The fourth-order valence-electron chi connectivity index (χ4n) is 4.05. The molecule has 2 N–H and O–H groups in total. The summed E-state index contributed by atoms with van der Waals surface area (Å²) in [5.41, 5.74) is 3.20. The summed E-state index contributed by atoms with van der Waals surface area (Å²) in [4.78, 5) is 0.170. The van der Waals surface area contributed by atoms with E-state index in [-0.39, 0.29) is 10.8 Å². The Morgan fingerprint density at radius 3 is 2.44 bits per heavy atom. The van der Waals surface area contributed by atoms with E-state index in [0.29, 0.717) is 6.04 Å². The quantitative estimate of drug-likeness (QED) is 0.748. The maximum absolute atomic E-state index is 11.9. The third-order valence-corrected chi connectivity index (χ3v) is 6.29. The molecule has 1 fully saturated rings. The van der Waals surface area contributed by atoms with Crippen molar-refractivity contribution < 1.29 is 8.42 Å². The van der Waals surface area contributed by atoms with E-state index in [1.54, 1.807) is 24.8 Å². The Hall–Kier alpha value is -2.51. The number of aromatic nitrogens is 3. The van der Waals surface area contributed by atoms with E-state index in [1.807, 2.05) is 24.3 Å². The average molecular weight is 382 g/mol. The van der Waals surface area contributed by atoms with Crippen molar-refractivity contribution in [2.75, 3.05) is 0 Å². The highest BCUT2D eigenvalue weighted by Crippen LogP contribution is 2.42. The van der Waals surface area contributed by atoms with Crippen LogP contribution in [0.1, 0.15) is 43.2 Å². The molecular weight excluding hydrogens is 360 g/mol. The van der Waals surface area contributed by atoms with Crippen molar-refractivity contribution in [3.05, 3.63) is 66.7 Å². The van der Waals surface area contributed by atoms with Gasteiger partial charge in [-0.3, -0.25) is 0 Å². The molecule has 140 valence electrons. The first kappa shape index (κ1) is 17.9. The third-order valence-electron chi connectivity index (χ3n) is 5.38. The molecule has 1 heterocycles. The van der Waals surface area contributed by atoms with Crippen LogP contribution < -0.4 is 5.14 Å². The molecule has 0 bridgehead atoms. The van der Waals surface area contributed by atoms with Crippen molar-refractivity contribution in [2.45, 2.75) is 42.5 Å². The highest BCUT2D eigenvalue weighted by Gasteiger charge is 2.27.